The Kier molecular flexibility index (Phi) is 7.04. The van der Waals surface area contributed by atoms with Gasteiger partial charge in [-0.1, -0.05) is 12.1 Å². The number of carboxylic acid groups (broad SMARTS) is 1. The van der Waals surface area contributed by atoms with Gasteiger partial charge in [-0.3, -0.25) is 9.79 Å². The van der Waals surface area contributed by atoms with Gasteiger partial charge in [-0.2, -0.15) is 0 Å². The van der Waals surface area contributed by atoms with Crippen molar-refractivity contribution >= 4 is 24.0 Å². The van der Waals surface area contributed by atoms with Crippen molar-refractivity contribution in [3.05, 3.63) is 35.0 Å². The molecule has 1 aromatic heterocycles. The van der Waals surface area contributed by atoms with E-state index in [-0.39, 0.29) is 18.7 Å². The van der Waals surface area contributed by atoms with Crippen LogP contribution in [-0.2, 0) is 22.4 Å². The van der Waals surface area contributed by atoms with Gasteiger partial charge in [0.1, 0.15) is 5.82 Å². The molecule has 0 bridgehead atoms. The number of carbonyl (C=O) groups excluding carboxylic acids is 1. The van der Waals surface area contributed by atoms with Gasteiger partial charge in [0.2, 0.25) is 0 Å². The van der Waals surface area contributed by atoms with Crippen LogP contribution in [0.2, 0.25) is 0 Å². The van der Waals surface area contributed by atoms with Crippen LogP contribution >= 0.6 is 0 Å². The first-order chi connectivity index (χ1) is 15.5. The molecular weight excluding hydrogens is 410 g/mol. The largest absolute Gasteiger partial charge is 0.481 e. The SMILES string of the molecule is COC1CC=C([C@H](CC(=O)O)N2CCN(CCCc3ccc4c(n3)NCCC4)C2=O)C=N1. The lowest BCUT2D eigenvalue weighted by molar-refractivity contribution is -0.137. The topological polar surface area (TPSA) is 107 Å². The lowest BCUT2D eigenvalue weighted by atomic mass is 10.00. The van der Waals surface area contributed by atoms with E-state index in [4.69, 9.17) is 9.72 Å². The van der Waals surface area contributed by atoms with Gasteiger partial charge in [0.15, 0.2) is 6.23 Å². The van der Waals surface area contributed by atoms with Crippen LogP contribution in [0.25, 0.3) is 0 Å². The zero-order valence-corrected chi connectivity index (χ0v) is 18.5. The molecule has 0 aliphatic carbocycles. The van der Waals surface area contributed by atoms with Gasteiger partial charge in [0.25, 0.3) is 0 Å². The summed E-state index contributed by atoms with van der Waals surface area (Å²) in [5, 5.41) is 12.8. The summed E-state index contributed by atoms with van der Waals surface area (Å²) in [4.78, 5) is 37.1. The average Bonchev–Trinajstić information content (AvgIpc) is 3.17. The smallest absolute Gasteiger partial charge is 0.320 e. The maximum atomic E-state index is 13.1. The number of aliphatic carboxylic acids is 1. The van der Waals surface area contributed by atoms with E-state index in [0.717, 1.165) is 49.3 Å². The second kappa shape index (κ2) is 10.1. The van der Waals surface area contributed by atoms with Crippen LogP contribution in [-0.4, -0.2) is 83.7 Å². The Morgan fingerprint density at radius 1 is 1.38 bits per heavy atom. The fourth-order valence-corrected chi connectivity index (χ4v) is 4.53. The minimum absolute atomic E-state index is 0.112. The number of nitrogens with zero attached hydrogens (tertiary/aromatic N) is 4. The average molecular weight is 442 g/mol. The summed E-state index contributed by atoms with van der Waals surface area (Å²) in [6.45, 7) is 2.70. The van der Waals surface area contributed by atoms with Crippen molar-refractivity contribution in [2.24, 2.45) is 4.99 Å². The molecule has 1 saturated heterocycles. The third-order valence-corrected chi connectivity index (χ3v) is 6.29. The van der Waals surface area contributed by atoms with Gasteiger partial charge in [-0.05, 0) is 42.9 Å². The monoisotopic (exact) mass is 441 g/mol. The Bertz CT molecular complexity index is 916. The van der Waals surface area contributed by atoms with Crippen molar-refractivity contribution in [2.75, 3.05) is 38.6 Å². The molecule has 0 radical (unpaired) electrons. The quantitative estimate of drug-likeness (QED) is 0.609. The maximum Gasteiger partial charge on any atom is 0.320 e. The van der Waals surface area contributed by atoms with Gasteiger partial charge in [-0.25, -0.2) is 9.78 Å². The molecule has 3 aliphatic heterocycles. The summed E-state index contributed by atoms with van der Waals surface area (Å²) in [6.07, 6.45) is 7.59. The van der Waals surface area contributed by atoms with Crippen LogP contribution in [0.15, 0.2) is 28.8 Å². The fraction of sp³-hybridized carbons (Fsp3) is 0.565. The maximum absolute atomic E-state index is 13.1. The highest BCUT2D eigenvalue weighted by Gasteiger charge is 2.36. The summed E-state index contributed by atoms with van der Waals surface area (Å²) in [5.41, 5.74) is 3.07. The van der Waals surface area contributed by atoms with Crippen LogP contribution in [0.3, 0.4) is 0 Å². The van der Waals surface area contributed by atoms with E-state index in [1.54, 1.807) is 18.2 Å². The van der Waals surface area contributed by atoms with Gasteiger partial charge in [0, 0.05) is 51.6 Å². The second-order valence-corrected chi connectivity index (χ2v) is 8.43. The number of urea groups is 1. The molecule has 4 rings (SSSR count). The molecule has 172 valence electrons. The Balaban J connectivity index is 1.34. The Hall–Kier alpha value is -2.94. The Labute approximate surface area is 188 Å². The number of aromatic nitrogens is 1. The van der Waals surface area contributed by atoms with E-state index in [2.05, 4.69) is 22.4 Å². The fourth-order valence-electron chi connectivity index (χ4n) is 4.53. The minimum atomic E-state index is -0.934. The molecule has 2 atom stereocenters. The molecule has 0 aromatic carbocycles. The number of rotatable bonds is 9. The molecule has 3 aliphatic rings. The highest BCUT2D eigenvalue weighted by atomic mass is 16.5. The first-order valence-electron chi connectivity index (χ1n) is 11.3. The third-order valence-electron chi connectivity index (χ3n) is 6.29. The molecule has 32 heavy (non-hydrogen) atoms. The Morgan fingerprint density at radius 3 is 3.00 bits per heavy atom. The van der Waals surface area contributed by atoms with Crippen LogP contribution in [0.4, 0.5) is 10.6 Å². The number of amides is 2. The molecular formula is C23H31N5O4. The molecule has 9 heteroatoms. The molecule has 9 nitrogen and oxygen atoms in total. The number of anilines is 1. The number of nitrogens with one attached hydrogen (secondary N) is 1. The van der Waals surface area contributed by atoms with Crippen molar-refractivity contribution in [3.8, 4) is 0 Å². The lowest BCUT2D eigenvalue weighted by Gasteiger charge is -2.29. The van der Waals surface area contributed by atoms with Crippen molar-refractivity contribution in [2.45, 2.75) is 50.8 Å². The van der Waals surface area contributed by atoms with Crippen LogP contribution in [0, 0.1) is 0 Å². The van der Waals surface area contributed by atoms with Crippen molar-refractivity contribution in [1.29, 1.82) is 0 Å². The van der Waals surface area contributed by atoms with Crippen molar-refractivity contribution < 1.29 is 19.4 Å². The summed E-state index contributed by atoms with van der Waals surface area (Å²) < 4.78 is 5.22. The first-order valence-corrected chi connectivity index (χ1v) is 11.3. The number of fused-ring (bicyclic) bond motifs is 1. The lowest BCUT2D eigenvalue weighted by Crippen LogP contribution is -2.42. The Morgan fingerprint density at radius 2 is 2.25 bits per heavy atom. The van der Waals surface area contributed by atoms with E-state index in [0.29, 0.717) is 26.1 Å². The normalized spacial score (nSPS) is 21.2. The summed E-state index contributed by atoms with van der Waals surface area (Å²) in [5.74, 6) is 0.0586. The zero-order chi connectivity index (χ0) is 22.5. The van der Waals surface area contributed by atoms with Gasteiger partial charge in [-0.15, -0.1) is 0 Å². The van der Waals surface area contributed by atoms with Crippen molar-refractivity contribution in [3.63, 3.8) is 0 Å². The predicted molar refractivity (Wildman–Crippen MR) is 121 cm³/mol. The summed E-state index contributed by atoms with van der Waals surface area (Å²) in [6, 6.07) is 3.60. The molecule has 2 N–H and O–H groups in total. The molecule has 0 spiro atoms. The van der Waals surface area contributed by atoms with E-state index < -0.39 is 12.0 Å². The van der Waals surface area contributed by atoms with Gasteiger partial charge < -0.3 is 25.0 Å². The molecule has 1 aromatic rings. The number of dihydropyridines is 1. The highest BCUT2D eigenvalue weighted by Crippen LogP contribution is 2.24. The molecule has 1 unspecified atom stereocenters. The number of ether oxygens (including phenoxy) is 1. The minimum Gasteiger partial charge on any atom is -0.481 e. The second-order valence-electron chi connectivity index (χ2n) is 8.43. The van der Waals surface area contributed by atoms with E-state index in [1.807, 2.05) is 11.0 Å². The summed E-state index contributed by atoms with van der Waals surface area (Å²) in [7, 11) is 1.59. The third kappa shape index (κ3) is 5.09. The number of pyridine rings is 1. The number of carboxylic acids is 1. The van der Waals surface area contributed by atoms with E-state index >= 15 is 0 Å². The number of carbonyl (C=O) groups is 2. The van der Waals surface area contributed by atoms with E-state index in [9.17, 15) is 14.7 Å². The molecule has 1 fully saturated rings. The van der Waals surface area contributed by atoms with E-state index in [1.165, 1.54) is 5.56 Å². The zero-order valence-electron chi connectivity index (χ0n) is 18.5. The predicted octanol–water partition coefficient (Wildman–Crippen LogP) is 2.33. The highest BCUT2D eigenvalue weighted by molar-refractivity contribution is 5.86. The van der Waals surface area contributed by atoms with Crippen LogP contribution in [0.1, 0.15) is 36.9 Å². The first kappa shape index (κ1) is 22.3. The van der Waals surface area contributed by atoms with Gasteiger partial charge >= 0.3 is 12.0 Å². The van der Waals surface area contributed by atoms with Crippen LogP contribution < -0.4 is 5.32 Å². The number of aliphatic imine (C=N–C) groups is 1. The molecule has 0 saturated carbocycles. The van der Waals surface area contributed by atoms with Crippen molar-refractivity contribution in [1.82, 2.24) is 14.8 Å². The number of hydrogen-bond acceptors (Lipinski definition) is 6. The number of hydrogen-bond donors (Lipinski definition) is 2. The molecule has 2 amide bonds. The number of methoxy groups -OCH3 is 1. The standard InChI is InChI=1S/C23H31N5O4/c1-32-20-9-7-17(15-25-20)19(14-21(29)30)28-13-12-27(23(28)31)11-3-5-18-8-6-16-4-2-10-24-22(16)26-18/h6-8,15,19-20H,2-5,9-14H2,1H3,(H,24,26)(H,29,30)/t19-,20?/m0/s1. The number of aryl methyl sites for hydroxylation is 2. The molecule has 4 heterocycles. The van der Waals surface area contributed by atoms with Crippen LogP contribution in [0.5, 0.6) is 0 Å². The van der Waals surface area contributed by atoms with Gasteiger partial charge in [0.05, 0.1) is 12.5 Å². The summed E-state index contributed by atoms with van der Waals surface area (Å²) >= 11 is 0.